The van der Waals surface area contributed by atoms with Gasteiger partial charge in [-0.3, -0.25) is 4.98 Å². The molecule has 2 fully saturated rings. The standard InChI is InChI=1S/C23H26N4O2/c1-14(2)27-22-19(13-25-27)18(11-20(26-22)15-8-9-15)23(28)29-21-7-3-6-17(21)16-5-4-10-24-12-16/h4-5,10-15,17,21H,3,6-9H2,1-2H3. The summed E-state index contributed by atoms with van der Waals surface area (Å²) in [5.74, 6) is 0.408. The van der Waals surface area contributed by atoms with Gasteiger partial charge in [0, 0.05) is 36.0 Å². The summed E-state index contributed by atoms with van der Waals surface area (Å²) in [6, 6.07) is 6.14. The molecule has 29 heavy (non-hydrogen) atoms. The van der Waals surface area contributed by atoms with Gasteiger partial charge in [-0.25, -0.2) is 14.5 Å². The van der Waals surface area contributed by atoms with E-state index in [1.807, 2.05) is 23.0 Å². The molecule has 2 aliphatic carbocycles. The molecule has 0 aromatic carbocycles. The molecule has 0 aliphatic heterocycles. The topological polar surface area (TPSA) is 69.9 Å². The Morgan fingerprint density at radius 2 is 2.07 bits per heavy atom. The number of carbonyl (C=O) groups excluding carboxylic acids is 1. The van der Waals surface area contributed by atoms with E-state index in [-0.39, 0.29) is 24.0 Å². The van der Waals surface area contributed by atoms with E-state index in [0.717, 1.165) is 54.4 Å². The van der Waals surface area contributed by atoms with Crippen LogP contribution in [0.3, 0.4) is 0 Å². The molecule has 0 radical (unpaired) electrons. The molecule has 3 aromatic rings. The monoisotopic (exact) mass is 390 g/mol. The highest BCUT2D eigenvalue weighted by Crippen LogP contribution is 2.41. The molecule has 6 nitrogen and oxygen atoms in total. The number of esters is 1. The van der Waals surface area contributed by atoms with Crippen molar-refractivity contribution in [3.8, 4) is 0 Å². The zero-order valence-corrected chi connectivity index (χ0v) is 16.9. The van der Waals surface area contributed by atoms with Crippen LogP contribution < -0.4 is 0 Å². The molecule has 2 aliphatic rings. The van der Waals surface area contributed by atoms with Gasteiger partial charge in [-0.2, -0.15) is 5.10 Å². The lowest BCUT2D eigenvalue weighted by Crippen LogP contribution is -2.21. The normalized spacial score (nSPS) is 21.8. The number of fused-ring (bicyclic) bond motifs is 1. The van der Waals surface area contributed by atoms with E-state index < -0.39 is 0 Å². The zero-order chi connectivity index (χ0) is 20.0. The molecule has 2 atom stereocenters. The minimum Gasteiger partial charge on any atom is -0.458 e. The second kappa shape index (κ2) is 7.25. The summed E-state index contributed by atoms with van der Waals surface area (Å²) in [6.07, 6.45) is 10.5. The van der Waals surface area contributed by atoms with Gasteiger partial charge in [0.15, 0.2) is 5.65 Å². The average molecular weight is 390 g/mol. The fourth-order valence-electron chi connectivity index (χ4n) is 4.42. The maximum Gasteiger partial charge on any atom is 0.339 e. The van der Waals surface area contributed by atoms with Crippen molar-refractivity contribution >= 4 is 17.0 Å². The van der Waals surface area contributed by atoms with E-state index in [0.29, 0.717) is 11.5 Å². The Hall–Kier alpha value is -2.76. The molecule has 0 spiro atoms. The Bertz CT molecular complexity index is 1040. The molecule has 0 amide bonds. The number of carbonyl (C=O) groups is 1. The predicted octanol–water partition coefficient (Wildman–Crippen LogP) is 4.78. The number of pyridine rings is 2. The van der Waals surface area contributed by atoms with Crippen LogP contribution in [0.5, 0.6) is 0 Å². The number of hydrogen-bond acceptors (Lipinski definition) is 5. The van der Waals surface area contributed by atoms with E-state index in [9.17, 15) is 4.79 Å². The van der Waals surface area contributed by atoms with Crippen LogP contribution in [0.15, 0.2) is 36.8 Å². The van der Waals surface area contributed by atoms with Gasteiger partial charge in [-0.15, -0.1) is 0 Å². The summed E-state index contributed by atoms with van der Waals surface area (Å²) in [6.45, 7) is 4.15. The molecular weight excluding hydrogens is 364 g/mol. The Balaban J connectivity index is 1.48. The SMILES string of the molecule is CC(C)n1ncc2c(C(=O)OC3CCCC3c3cccnc3)cc(C3CC3)nc21. The molecule has 150 valence electrons. The first kappa shape index (κ1) is 18.3. The molecule has 2 saturated carbocycles. The summed E-state index contributed by atoms with van der Waals surface area (Å²) in [4.78, 5) is 22.3. The molecule has 3 heterocycles. The highest BCUT2D eigenvalue weighted by atomic mass is 16.5. The van der Waals surface area contributed by atoms with Gasteiger partial charge >= 0.3 is 5.97 Å². The van der Waals surface area contributed by atoms with E-state index >= 15 is 0 Å². The van der Waals surface area contributed by atoms with Crippen molar-refractivity contribution in [1.29, 1.82) is 0 Å². The van der Waals surface area contributed by atoms with E-state index in [2.05, 4.69) is 30.0 Å². The van der Waals surface area contributed by atoms with Gasteiger partial charge < -0.3 is 4.74 Å². The van der Waals surface area contributed by atoms with Gasteiger partial charge in [-0.1, -0.05) is 6.07 Å². The van der Waals surface area contributed by atoms with Crippen molar-refractivity contribution in [3.05, 3.63) is 53.6 Å². The van der Waals surface area contributed by atoms with Crippen molar-refractivity contribution in [2.75, 3.05) is 0 Å². The second-order valence-corrected chi connectivity index (χ2v) is 8.56. The highest BCUT2D eigenvalue weighted by molar-refractivity contribution is 6.02. The molecule has 5 rings (SSSR count). The third kappa shape index (κ3) is 3.41. The lowest BCUT2D eigenvalue weighted by atomic mass is 9.97. The van der Waals surface area contributed by atoms with Crippen LogP contribution in [0.25, 0.3) is 11.0 Å². The lowest BCUT2D eigenvalue weighted by Gasteiger charge is -2.20. The lowest BCUT2D eigenvalue weighted by molar-refractivity contribution is 0.0281. The maximum absolute atomic E-state index is 13.3. The Morgan fingerprint density at radius 3 is 2.79 bits per heavy atom. The third-order valence-corrected chi connectivity index (χ3v) is 6.11. The van der Waals surface area contributed by atoms with Crippen LogP contribution in [0.1, 0.15) is 85.4 Å². The summed E-state index contributed by atoms with van der Waals surface area (Å²) >= 11 is 0. The minimum atomic E-state index is -0.261. The van der Waals surface area contributed by atoms with Crippen LogP contribution in [0, 0.1) is 0 Å². The third-order valence-electron chi connectivity index (χ3n) is 6.11. The summed E-state index contributed by atoms with van der Waals surface area (Å²) < 4.78 is 7.96. The highest BCUT2D eigenvalue weighted by Gasteiger charge is 2.34. The van der Waals surface area contributed by atoms with E-state index in [4.69, 9.17) is 9.72 Å². The smallest absolute Gasteiger partial charge is 0.339 e. The van der Waals surface area contributed by atoms with Crippen LogP contribution in [0.4, 0.5) is 0 Å². The molecule has 0 N–H and O–H groups in total. The molecule has 2 unspecified atom stereocenters. The predicted molar refractivity (Wildman–Crippen MR) is 110 cm³/mol. The van der Waals surface area contributed by atoms with Gasteiger partial charge in [0.05, 0.1) is 17.1 Å². The van der Waals surface area contributed by atoms with Crippen LogP contribution in [0.2, 0.25) is 0 Å². The van der Waals surface area contributed by atoms with Crippen molar-refractivity contribution in [1.82, 2.24) is 19.7 Å². The van der Waals surface area contributed by atoms with Gasteiger partial charge in [0.1, 0.15) is 6.10 Å². The van der Waals surface area contributed by atoms with Crippen molar-refractivity contribution in [2.45, 2.75) is 69.9 Å². The van der Waals surface area contributed by atoms with Crippen molar-refractivity contribution < 1.29 is 9.53 Å². The van der Waals surface area contributed by atoms with Crippen LogP contribution >= 0.6 is 0 Å². The van der Waals surface area contributed by atoms with Gasteiger partial charge in [0.25, 0.3) is 0 Å². The first-order valence-corrected chi connectivity index (χ1v) is 10.6. The number of aromatic nitrogens is 4. The molecule has 0 saturated heterocycles. The van der Waals surface area contributed by atoms with Crippen molar-refractivity contribution in [3.63, 3.8) is 0 Å². The molecule has 3 aromatic heterocycles. The van der Waals surface area contributed by atoms with E-state index in [1.54, 1.807) is 12.4 Å². The van der Waals surface area contributed by atoms with E-state index in [1.165, 1.54) is 0 Å². The number of hydrogen-bond donors (Lipinski definition) is 0. The van der Waals surface area contributed by atoms with Crippen LogP contribution in [-0.4, -0.2) is 31.8 Å². The quantitative estimate of drug-likeness (QED) is 0.587. The summed E-state index contributed by atoms with van der Waals surface area (Å²) in [5, 5.41) is 5.27. The summed E-state index contributed by atoms with van der Waals surface area (Å²) in [5.41, 5.74) is 3.52. The fraction of sp³-hybridized carbons (Fsp3) is 0.478. The van der Waals surface area contributed by atoms with Crippen molar-refractivity contribution in [2.24, 2.45) is 0 Å². The first-order valence-electron chi connectivity index (χ1n) is 10.6. The Kier molecular flexibility index (Phi) is 4.57. The maximum atomic E-state index is 13.3. The Morgan fingerprint density at radius 1 is 1.21 bits per heavy atom. The number of rotatable bonds is 5. The van der Waals surface area contributed by atoms with Crippen LogP contribution in [-0.2, 0) is 4.74 Å². The number of ether oxygens (including phenoxy) is 1. The fourth-order valence-corrected chi connectivity index (χ4v) is 4.42. The largest absolute Gasteiger partial charge is 0.458 e. The number of nitrogens with zero attached hydrogens (tertiary/aromatic N) is 4. The second-order valence-electron chi connectivity index (χ2n) is 8.56. The molecular formula is C23H26N4O2. The van der Waals surface area contributed by atoms with Gasteiger partial charge in [0.2, 0.25) is 0 Å². The first-order chi connectivity index (χ1) is 14.1. The summed E-state index contributed by atoms with van der Waals surface area (Å²) in [7, 11) is 0. The molecule has 0 bridgehead atoms. The molecule has 6 heteroatoms. The Labute approximate surface area is 170 Å². The van der Waals surface area contributed by atoms with Gasteiger partial charge in [-0.05, 0) is 63.6 Å². The minimum absolute atomic E-state index is 0.112. The zero-order valence-electron chi connectivity index (χ0n) is 16.9. The average Bonchev–Trinajstić information content (AvgIpc) is 3.32.